The van der Waals surface area contributed by atoms with Gasteiger partial charge in [0.25, 0.3) is 0 Å². The summed E-state index contributed by atoms with van der Waals surface area (Å²) in [6, 6.07) is -1.92. The second-order valence-electron chi connectivity index (χ2n) is 5.51. The Labute approximate surface area is 116 Å². The third-order valence-corrected chi connectivity index (χ3v) is 4.26. The highest BCUT2D eigenvalue weighted by Crippen LogP contribution is 2.39. The molecular weight excluding hydrogens is 262 g/mol. The molecule has 0 aromatic carbocycles. The van der Waals surface area contributed by atoms with Crippen LogP contribution in [-0.4, -0.2) is 34.7 Å². The number of primary amides is 1. The molecule has 1 aliphatic carbocycles. The first-order valence-corrected chi connectivity index (χ1v) is 6.88. The second kappa shape index (κ2) is 5.22. The minimum atomic E-state index is -1.21. The zero-order valence-corrected chi connectivity index (χ0v) is 11.5. The van der Waals surface area contributed by atoms with Crippen molar-refractivity contribution in [1.82, 2.24) is 10.2 Å². The van der Waals surface area contributed by atoms with Gasteiger partial charge in [0.1, 0.15) is 11.5 Å². The minimum absolute atomic E-state index is 0.410. The van der Waals surface area contributed by atoms with Gasteiger partial charge in [0.05, 0.1) is 0 Å². The number of nitrogens with two attached hydrogens (primary N) is 1. The molecule has 2 aliphatic rings. The lowest BCUT2D eigenvalue weighted by Crippen LogP contribution is -2.67. The number of hydrogen-bond donors (Lipinski definition) is 2. The molecule has 7 nitrogen and oxygen atoms in total. The van der Waals surface area contributed by atoms with E-state index in [0.717, 1.165) is 30.6 Å². The number of carbonyl (C=O) groups is 4. The van der Waals surface area contributed by atoms with Gasteiger partial charge in [0.2, 0.25) is 17.7 Å². The highest BCUT2D eigenvalue weighted by molar-refractivity contribution is 6.20. The van der Waals surface area contributed by atoms with Crippen molar-refractivity contribution in [3.8, 4) is 0 Å². The molecule has 1 saturated heterocycles. The molecular formula is C13H19N3O4. The Kier molecular flexibility index (Phi) is 3.78. The molecule has 2 rings (SSSR count). The maximum absolute atomic E-state index is 12.7. The number of amides is 5. The number of urea groups is 1. The third kappa shape index (κ3) is 2.17. The first-order valence-electron chi connectivity index (χ1n) is 6.88. The molecule has 0 aromatic rings. The van der Waals surface area contributed by atoms with Crippen molar-refractivity contribution in [2.24, 2.45) is 11.1 Å². The summed E-state index contributed by atoms with van der Waals surface area (Å²) < 4.78 is 0. The smallest absolute Gasteiger partial charge is 0.331 e. The Morgan fingerprint density at radius 1 is 1.20 bits per heavy atom. The third-order valence-electron chi connectivity index (χ3n) is 4.26. The summed E-state index contributed by atoms with van der Waals surface area (Å²) in [5.74, 6) is -1.90. The van der Waals surface area contributed by atoms with Gasteiger partial charge in [-0.25, -0.2) is 4.79 Å². The number of carbonyl (C=O) groups excluding carboxylic acids is 4. The van der Waals surface area contributed by atoms with Gasteiger partial charge in [-0.05, 0) is 19.8 Å². The van der Waals surface area contributed by atoms with Crippen molar-refractivity contribution in [2.75, 3.05) is 0 Å². The molecule has 1 aliphatic heterocycles. The van der Waals surface area contributed by atoms with Crippen LogP contribution in [0.5, 0.6) is 0 Å². The average Bonchev–Trinajstić information content (AvgIpc) is 2.63. The normalized spacial score (nSPS) is 24.2. The molecule has 0 aromatic heterocycles. The van der Waals surface area contributed by atoms with Crippen LogP contribution in [0.3, 0.4) is 0 Å². The SMILES string of the molecule is CC(C(N)=O)N1C(=O)NC(=O)C2(CCCCCC2)C1=O. The van der Waals surface area contributed by atoms with Crippen molar-refractivity contribution < 1.29 is 19.2 Å². The average molecular weight is 281 g/mol. The van der Waals surface area contributed by atoms with Crippen LogP contribution in [0.2, 0.25) is 0 Å². The Balaban J connectivity index is 2.37. The fraction of sp³-hybridized carbons (Fsp3) is 0.692. The van der Waals surface area contributed by atoms with E-state index in [9.17, 15) is 19.2 Å². The van der Waals surface area contributed by atoms with Gasteiger partial charge in [-0.2, -0.15) is 0 Å². The Bertz CT molecular complexity index is 466. The topological polar surface area (TPSA) is 110 Å². The van der Waals surface area contributed by atoms with Crippen LogP contribution in [-0.2, 0) is 14.4 Å². The summed E-state index contributed by atoms with van der Waals surface area (Å²) in [6.45, 7) is 1.39. The summed E-state index contributed by atoms with van der Waals surface area (Å²) in [5, 5.41) is 2.20. The molecule has 5 amide bonds. The summed E-state index contributed by atoms with van der Waals surface area (Å²) in [4.78, 5) is 48.8. The zero-order valence-electron chi connectivity index (χ0n) is 11.5. The highest BCUT2D eigenvalue weighted by Gasteiger charge is 2.54. The summed E-state index contributed by atoms with van der Waals surface area (Å²) >= 11 is 0. The summed E-state index contributed by atoms with van der Waals surface area (Å²) in [6.07, 6.45) is 4.25. The van der Waals surface area contributed by atoms with E-state index in [1.165, 1.54) is 6.92 Å². The van der Waals surface area contributed by atoms with Crippen LogP contribution >= 0.6 is 0 Å². The standard InChI is InChI=1S/C13H19N3O4/c1-8(9(14)17)16-11(19)13(10(18)15-12(16)20)6-4-2-3-5-7-13/h8H,2-7H2,1H3,(H2,14,17)(H,15,18,20). The van der Waals surface area contributed by atoms with Crippen molar-refractivity contribution >= 4 is 23.8 Å². The molecule has 110 valence electrons. The summed E-state index contributed by atoms with van der Waals surface area (Å²) in [5.41, 5.74) is 3.96. The van der Waals surface area contributed by atoms with E-state index in [-0.39, 0.29) is 0 Å². The van der Waals surface area contributed by atoms with Gasteiger partial charge in [-0.15, -0.1) is 0 Å². The van der Waals surface area contributed by atoms with Crippen LogP contribution in [0.1, 0.15) is 45.4 Å². The number of nitrogens with zero attached hydrogens (tertiary/aromatic N) is 1. The van der Waals surface area contributed by atoms with E-state index in [1.54, 1.807) is 0 Å². The second-order valence-corrected chi connectivity index (χ2v) is 5.51. The van der Waals surface area contributed by atoms with Crippen molar-refractivity contribution in [3.05, 3.63) is 0 Å². The quantitative estimate of drug-likeness (QED) is 0.708. The van der Waals surface area contributed by atoms with Gasteiger partial charge in [-0.3, -0.25) is 24.6 Å². The van der Waals surface area contributed by atoms with Crippen LogP contribution in [0.4, 0.5) is 4.79 Å². The van der Waals surface area contributed by atoms with Crippen molar-refractivity contribution in [3.63, 3.8) is 0 Å². The molecule has 20 heavy (non-hydrogen) atoms. The van der Waals surface area contributed by atoms with Gasteiger partial charge < -0.3 is 5.73 Å². The first-order chi connectivity index (χ1) is 9.40. The van der Waals surface area contributed by atoms with Crippen LogP contribution in [0.15, 0.2) is 0 Å². The minimum Gasteiger partial charge on any atom is -0.368 e. The van der Waals surface area contributed by atoms with Crippen LogP contribution in [0.25, 0.3) is 0 Å². The molecule has 2 fully saturated rings. The first kappa shape index (κ1) is 14.5. The molecule has 1 spiro atoms. The summed E-state index contributed by atoms with van der Waals surface area (Å²) in [7, 11) is 0. The number of nitrogens with one attached hydrogen (secondary N) is 1. The van der Waals surface area contributed by atoms with Gasteiger partial charge in [0.15, 0.2) is 0 Å². The molecule has 1 atom stereocenters. The molecule has 0 bridgehead atoms. The molecule has 7 heteroatoms. The van der Waals surface area contributed by atoms with E-state index < -0.39 is 35.2 Å². The molecule has 1 saturated carbocycles. The maximum Gasteiger partial charge on any atom is 0.331 e. The van der Waals surface area contributed by atoms with Crippen molar-refractivity contribution in [1.29, 1.82) is 0 Å². The molecule has 0 radical (unpaired) electrons. The predicted molar refractivity (Wildman–Crippen MR) is 69.2 cm³/mol. The number of hydrogen-bond acceptors (Lipinski definition) is 4. The van der Waals surface area contributed by atoms with Gasteiger partial charge in [-0.1, -0.05) is 25.7 Å². The van der Waals surface area contributed by atoms with Gasteiger partial charge >= 0.3 is 6.03 Å². The molecule has 1 unspecified atom stereocenters. The van der Waals surface area contributed by atoms with E-state index in [0.29, 0.717) is 12.8 Å². The number of barbiturate groups is 1. The largest absolute Gasteiger partial charge is 0.368 e. The van der Waals surface area contributed by atoms with Crippen LogP contribution < -0.4 is 11.1 Å². The lowest BCUT2D eigenvalue weighted by atomic mass is 9.76. The van der Waals surface area contributed by atoms with E-state index >= 15 is 0 Å². The predicted octanol–water partition coefficient (Wildman–Crippen LogP) is 0.279. The number of rotatable bonds is 2. The lowest BCUT2D eigenvalue weighted by molar-refractivity contribution is -0.155. The Morgan fingerprint density at radius 3 is 2.25 bits per heavy atom. The zero-order chi connectivity index (χ0) is 14.9. The van der Waals surface area contributed by atoms with Crippen LogP contribution in [0, 0.1) is 5.41 Å². The fourth-order valence-corrected chi connectivity index (χ4v) is 2.95. The molecule has 1 heterocycles. The lowest BCUT2D eigenvalue weighted by Gasteiger charge is -2.40. The van der Waals surface area contributed by atoms with Gasteiger partial charge in [0, 0.05) is 0 Å². The van der Waals surface area contributed by atoms with E-state index in [1.807, 2.05) is 0 Å². The molecule has 3 N–H and O–H groups in total. The fourth-order valence-electron chi connectivity index (χ4n) is 2.95. The monoisotopic (exact) mass is 281 g/mol. The highest BCUT2D eigenvalue weighted by atomic mass is 16.2. The Hall–Kier alpha value is -1.92. The van der Waals surface area contributed by atoms with E-state index in [2.05, 4.69) is 5.32 Å². The Morgan fingerprint density at radius 2 is 1.75 bits per heavy atom. The maximum atomic E-state index is 12.7. The van der Waals surface area contributed by atoms with Crippen molar-refractivity contribution in [2.45, 2.75) is 51.5 Å². The number of imide groups is 2. The van der Waals surface area contributed by atoms with E-state index in [4.69, 9.17) is 5.73 Å².